The van der Waals surface area contributed by atoms with E-state index in [4.69, 9.17) is 4.42 Å². The van der Waals surface area contributed by atoms with Crippen LogP contribution in [0, 0.1) is 0 Å². The van der Waals surface area contributed by atoms with Crippen LogP contribution in [0.2, 0.25) is 0 Å². The second-order valence-corrected chi connectivity index (χ2v) is 30.4. The van der Waals surface area contributed by atoms with Crippen molar-refractivity contribution in [2.75, 3.05) is 14.7 Å². The summed E-state index contributed by atoms with van der Waals surface area (Å²) in [5, 5.41) is 1.23. The number of para-hydroxylation sites is 2. The quantitative estimate of drug-likeness (QED) is 0.160. The first kappa shape index (κ1) is 51.4. The van der Waals surface area contributed by atoms with Crippen LogP contribution >= 0.6 is 0 Å². The van der Waals surface area contributed by atoms with Gasteiger partial charge in [-0.1, -0.05) is 164 Å². The van der Waals surface area contributed by atoms with E-state index in [1.165, 1.54) is 88.9 Å². The lowest BCUT2D eigenvalue weighted by Crippen LogP contribution is -2.61. The molecule has 4 nitrogen and oxygen atoms in total. The Morgan fingerprint density at radius 3 is 1.56 bits per heavy atom. The highest BCUT2D eigenvalue weighted by molar-refractivity contribution is 7.01. The van der Waals surface area contributed by atoms with E-state index in [1.54, 1.807) is 5.57 Å². The van der Waals surface area contributed by atoms with E-state index in [1.807, 2.05) is 0 Å². The fourth-order valence-electron chi connectivity index (χ4n) is 15.5. The van der Waals surface area contributed by atoms with E-state index in [9.17, 15) is 0 Å². The minimum Gasteiger partial charge on any atom is -0.440 e. The van der Waals surface area contributed by atoms with E-state index in [0.717, 1.165) is 78.4 Å². The maximum absolute atomic E-state index is 7.83. The molecule has 0 radical (unpaired) electrons. The molecule has 0 unspecified atom stereocenters. The molecular formula is C75H82BN3O. The van der Waals surface area contributed by atoms with Gasteiger partial charge in [0.2, 0.25) is 5.88 Å². The third-order valence-electron chi connectivity index (χ3n) is 20.9. The molecule has 0 atom stereocenters. The second kappa shape index (κ2) is 16.7. The van der Waals surface area contributed by atoms with Crippen molar-refractivity contribution in [3.05, 3.63) is 184 Å². The SMILES string of the molecule is CC1=C2CC(C)(C2)c2cc3oc4c(c3cc21)B1c2cc3c(cc2N(c2cc(C(C)(C)C)cc(C(C)(C)C)c2)c2cc(N(c5ccccc5)c5ccccc5)cc(c21)N4c1ccc2c(c1)C(C)(C)CCC2(C)C)C(C)(C)CCC3(C)C. The molecule has 8 aromatic rings. The van der Waals surface area contributed by atoms with Crippen molar-refractivity contribution in [3.8, 4) is 0 Å². The summed E-state index contributed by atoms with van der Waals surface area (Å²) in [7, 11) is 0. The first-order valence-corrected chi connectivity index (χ1v) is 30.1. The predicted molar refractivity (Wildman–Crippen MR) is 342 cm³/mol. The Balaban J connectivity index is 1.17. The summed E-state index contributed by atoms with van der Waals surface area (Å²) in [6.45, 7) is 38.8. The number of fused-ring (bicyclic) bond motifs is 8. The standard InChI is InChI=1S/C75H82BN3O/c1-45-46-43-75(16,44-46)57-42-65-55(39-54(45)57)66-68(80-65)79(51-27-28-56-58(36-51)72(10,11)30-29-71(56,8)9)64-38-53(77(49-23-19-17-20-24-49)50-25-21-18-22-26-50)37-63-67(64)76(66)61-40-59-60(74(14,15)32-31-73(59,12)13)41-62(61)78(63)52-34-47(69(2,3)4)33-48(35-52)70(5,6)7/h17-28,33-42H,29-32,43-44H2,1-16H3. The molecule has 7 aliphatic rings. The maximum atomic E-state index is 7.83. The number of allylic oxidation sites excluding steroid dienone is 2. The number of anilines is 9. The van der Waals surface area contributed by atoms with Crippen molar-refractivity contribution in [2.45, 2.75) is 187 Å². The van der Waals surface area contributed by atoms with Gasteiger partial charge >= 0.3 is 0 Å². The van der Waals surface area contributed by atoms with Crippen LogP contribution in [0.15, 0.2) is 143 Å². The third kappa shape index (κ3) is 7.53. The number of benzene rings is 7. The Labute approximate surface area is 478 Å². The molecule has 0 amide bonds. The van der Waals surface area contributed by atoms with Crippen LogP contribution in [-0.4, -0.2) is 6.71 Å². The van der Waals surface area contributed by atoms with E-state index in [2.05, 4.69) is 259 Å². The molecule has 0 spiro atoms. The summed E-state index contributed by atoms with van der Waals surface area (Å²) < 4.78 is 7.83. The molecule has 15 rings (SSSR count). The first-order chi connectivity index (χ1) is 37.6. The van der Waals surface area contributed by atoms with Gasteiger partial charge in [-0.25, -0.2) is 0 Å². The maximum Gasteiger partial charge on any atom is 0.257 e. The van der Waals surface area contributed by atoms with E-state index < -0.39 is 0 Å². The van der Waals surface area contributed by atoms with Gasteiger partial charge < -0.3 is 14.2 Å². The minimum absolute atomic E-state index is 0.00678. The molecule has 7 aromatic carbocycles. The minimum atomic E-state index is -0.138. The molecule has 5 heteroatoms. The molecule has 80 heavy (non-hydrogen) atoms. The van der Waals surface area contributed by atoms with Gasteiger partial charge in [-0.3, -0.25) is 4.90 Å². The zero-order chi connectivity index (χ0) is 56.2. The van der Waals surface area contributed by atoms with Crippen LogP contribution < -0.4 is 31.1 Å². The van der Waals surface area contributed by atoms with Crippen molar-refractivity contribution in [3.63, 3.8) is 0 Å². The smallest absolute Gasteiger partial charge is 0.257 e. The summed E-state index contributed by atoms with van der Waals surface area (Å²) in [6.07, 6.45) is 6.85. The van der Waals surface area contributed by atoms with Crippen LogP contribution in [0.25, 0.3) is 16.5 Å². The molecule has 2 aliphatic heterocycles. The lowest BCUT2D eigenvalue weighted by molar-refractivity contribution is 0.332. The highest BCUT2D eigenvalue weighted by Crippen LogP contribution is 2.59. The highest BCUT2D eigenvalue weighted by Gasteiger charge is 2.51. The van der Waals surface area contributed by atoms with E-state index in [-0.39, 0.29) is 44.6 Å². The Morgan fingerprint density at radius 1 is 0.475 bits per heavy atom. The molecule has 2 bridgehead atoms. The van der Waals surface area contributed by atoms with Crippen LogP contribution in [0.5, 0.6) is 0 Å². The zero-order valence-electron chi connectivity index (χ0n) is 50.8. The first-order valence-electron chi connectivity index (χ1n) is 30.1. The number of nitrogens with zero attached hydrogens (tertiary/aromatic N) is 3. The number of hydrogen-bond donors (Lipinski definition) is 0. The predicted octanol–water partition coefficient (Wildman–Crippen LogP) is 19.1. The van der Waals surface area contributed by atoms with E-state index >= 15 is 0 Å². The van der Waals surface area contributed by atoms with Crippen molar-refractivity contribution < 1.29 is 4.42 Å². The number of furan rings is 1. The van der Waals surface area contributed by atoms with Gasteiger partial charge in [0.05, 0.1) is 5.69 Å². The molecule has 3 heterocycles. The third-order valence-corrected chi connectivity index (χ3v) is 20.9. The van der Waals surface area contributed by atoms with Gasteiger partial charge in [0.25, 0.3) is 6.71 Å². The molecule has 1 saturated carbocycles. The Morgan fingerprint density at radius 2 is 1.00 bits per heavy atom. The average molecular weight is 1050 g/mol. The second-order valence-electron chi connectivity index (χ2n) is 30.4. The highest BCUT2D eigenvalue weighted by atomic mass is 16.4. The van der Waals surface area contributed by atoms with Gasteiger partial charge in [0, 0.05) is 56.1 Å². The van der Waals surface area contributed by atoms with Crippen LogP contribution in [0.1, 0.15) is 194 Å². The van der Waals surface area contributed by atoms with Crippen molar-refractivity contribution >= 4 is 91.0 Å². The van der Waals surface area contributed by atoms with E-state index in [0.29, 0.717) is 0 Å². The molecule has 1 aromatic heterocycles. The van der Waals surface area contributed by atoms with Crippen LogP contribution in [0.3, 0.4) is 0 Å². The number of rotatable bonds is 5. The van der Waals surface area contributed by atoms with Crippen molar-refractivity contribution in [1.82, 2.24) is 0 Å². The average Bonchev–Trinajstić information content (AvgIpc) is 3.91. The normalized spacial score (nSPS) is 19.3. The molecule has 0 N–H and O–H groups in total. The molecule has 0 saturated heterocycles. The summed E-state index contributed by atoms with van der Waals surface area (Å²) in [5.74, 6) is 0.936. The Kier molecular flexibility index (Phi) is 10.7. The molecule has 5 aliphatic carbocycles. The summed E-state index contributed by atoms with van der Waals surface area (Å²) in [6, 6.07) is 52.5. The van der Waals surface area contributed by atoms with Gasteiger partial charge in [-0.2, -0.15) is 0 Å². The Bertz CT molecular complexity index is 3880. The monoisotopic (exact) mass is 1050 g/mol. The van der Waals surface area contributed by atoms with Gasteiger partial charge in [-0.15, -0.1) is 0 Å². The van der Waals surface area contributed by atoms with Crippen LogP contribution in [-0.2, 0) is 37.9 Å². The Hall–Kier alpha value is -6.72. The fourth-order valence-corrected chi connectivity index (χ4v) is 15.5. The van der Waals surface area contributed by atoms with Crippen molar-refractivity contribution in [1.29, 1.82) is 0 Å². The summed E-state index contributed by atoms with van der Waals surface area (Å²) in [4.78, 5) is 7.78. The summed E-state index contributed by atoms with van der Waals surface area (Å²) >= 11 is 0. The van der Waals surface area contributed by atoms with Crippen molar-refractivity contribution in [2.24, 2.45) is 0 Å². The molecular weight excluding hydrogens is 970 g/mol. The summed E-state index contributed by atoms with van der Waals surface area (Å²) in [5.41, 5.74) is 28.6. The van der Waals surface area contributed by atoms with Crippen LogP contribution in [0.4, 0.5) is 51.4 Å². The zero-order valence-corrected chi connectivity index (χ0v) is 50.8. The van der Waals surface area contributed by atoms with Gasteiger partial charge in [0.1, 0.15) is 5.58 Å². The topological polar surface area (TPSA) is 22.9 Å². The van der Waals surface area contributed by atoms with Gasteiger partial charge in [0.15, 0.2) is 0 Å². The largest absolute Gasteiger partial charge is 0.440 e. The number of hydrogen-bond acceptors (Lipinski definition) is 4. The lowest BCUT2D eigenvalue weighted by atomic mass is 9.33. The molecule has 406 valence electrons. The van der Waals surface area contributed by atoms with Gasteiger partial charge in [-0.05, 0) is 218 Å². The lowest BCUT2D eigenvalue weighted by Gasteiger charge is -2.48. The molecule has 1 fully saturated rings. The fraction of sp³-hybridized carbons (Fsp3) is 0.387.